The number of para-hydroxylation sites is 2. The average Bonchev–Trinajstić information content (AvgIpc) is 2.27. The second-order valence-electron chi connectivity index (χ2n) is 3.32. The second-order valence-corrected chi connectivity index (χ2v) is 6.74. The summed E-state index contributed by atoms with van der Waals surface area (Å²) in [5.41, 5.74) is 2.00. The Labute approximate surface area is 134 Å². The molecule has 0 unspecified atom stereocenters. The van der Waals surface area contributed by atoms with E-state index in [1.807, 2.05) is 36.4 Å². The maximum Gasteiger partial charge on any atom is 0.0673 e. The number of rotatable bonds is 2. The molecule has 17 heavy (non-hydrogen) atoms. The van der Waals surface area contributed by atoms with E-state index < -0.39 is 0 Å². The zero-order chi connectivity index (χ0) is 12.4. The first-order chi connectivity index (χ1) is 8.09. The van der Waals surface area contributed by atoms with Crippen molar-refractivity contribution in [1.29, 1.82) is 0 Å². The molecule has 88 valence electrons. The lowest BCUT2D eigenvalue weighted by atomic mass is 10.3. The van der Waals surface area contributed by atoms with Crippen LogP contribution in [-0.4, -0.2) is 0 Å². The quantitative estimate of drug-likeness (QED) is 0.514. The van der Waals surface area contributed by atoms with Crippen molar-refractivity contribution < 1.29 is 0 Å². The first kappa shape index (κ1) is 13.6. The number of halogens is 4. The Hall–Kier alpha value is 0.160. The van der Waals surface area contributed by atoms with E-state index in [0.717, 1.165) is 29.3 Å². The van der Waals surface area contributed by atoms with Gasteiger partial charge in [-0.2, -0.15) is 0 Å². The van der Waals surface area contributed by atoms with Crippen LogP contribution in [-0.2, 0) is 0 Å². The number of nitrogens with one attached hydrogen (secondary N) is 1. The van der Waals surface area contributed by atoms with Crippen LogP contribution in [0.15, 0.2) is 54.3 Å². The molecule has 0 aliphatic heterocycles. The van der Waals surface area contributed by atoms with E-state index >= 15 is 0 Å². The van der Waals surface area contributed by atoms with Crippen LogP contribution in [0, 0.1) is 0 Å². The van der Waals surface area contributed by atoms with Crippen LogP contribution in [0.3, 0.4) is 0 Å². The first-order valence-electron chi connectivity index (χ1n) is 4.74. The molecule has 0 saturated heterocycles. The van der Waals surface area contributed by atoms with Crippen molar-refractivity contribution >= 4 is 75.1 Å². The van der Waals surface area contributed by atoms with E-state index in [2.05, 4.69) is 69.0 Å². The van der Waals surface area contributed by atoms with E-state index in [1.165, 1.54) is 0 Å². The molecule has 0 aliphatic rings. The molecule has 0 saturated carbocycles. The summed E-state index contributed by atoms with van der Waals surface area (Å²) in [4.78, 5) is 0. The van der Waals surface area contributed by atoms with Crippen LogP contribution in [0.2, 0.25) is 0 Å². The Kier molecular flexibility index (Phi) is 4.69. The monoisotopic (exact) mass is 481 g/mol. The summed E-state index contributed by atoms with van der Waals surface area (Å²) in [5.74, 6) is 0. The van der Waals surface area contributed by atoms with Crippen molar-refractivity contribution in [2.45, 2.75) is 0 Å². The molecule has 0 atom stereocenters. The highest BCUT2D eigenvalue weighted by molar-refractivity contribution is 9.11. The maximum atomic E-state index is 3.53. The molecule has 5 heteroatoms. The van der Waals surface area contributed by atoms with Gasteiger partial charge in [-0.3, -0.25) is 0 Å². The number of hydrogen-bond donors (Lipinski definition) is 1. The van der Waals surface area contributed by atoms with Gasteiger partial charge in [0.15, 0.2) is 0 Å². The van der Waals surface area contributed by atoms with Crippen molar-refractivity contribution in [2.24, 2.45) is 0 Å². The van der Waals surface area contributed by atoms with Crippen LogP contribution in [0.4, 0.5) is 11.4 Å². The molecule has 0 bridgehead atoms. The van der Waals surface area contributed by atoms with Crippen LogP contribution in [0.25, 0.3) is 0 Å². The number of benzene rings is 2. The minimum atomic E-state index is 1.00. The topological polar surface area (TPSA) is 12.0 Å². The third-order valence-electron chi connectivity index (χ3n) is 2.18. The normalized spacial score (nSPS) is 10.4. The van der Waals surface area contributed by atoms with Gasteiger partial charge in [-0.1, -0.05) is 12.1 Å². The SMILES string of the molecule is Brc1cccc(Br)c1Nc1c(Br)cccc1Br. The van der Waals surface area contributed by atoms with Gasteiger partial charge in [0.05, 0.1) is 11.4 Å². The Morgan fingerprint density at radius 3 is 1.18 bits per heavy atom. The molecule has 0 spiro atoms. The van der Waals surface area contributed by atoms with Crippen LogP contribution < -0.4 is 5.32 Å². The number of anilines is 2. The summed E-state index contributed by atoms with van der Waals surface area (Å²) in [6.45, 7) is 0. The molecule has 0 fully saturated rings. The molecule has 1 nitrogen and oxygen atoms in total. The maximum absolute atomic E-state index is 3.53. The molecule has 1 N–H and O–H groups in total. The molecular formula is C12H7Br4N. The van der Waals surface area contributed by atoms with Crippen LogP contribution in [0.1, 0.15) is 0 Å². The molecule has 2 aromatic carbocycles. The van der Waals surface area contributed by atoms with Gasteiger partial charge in [0.1, 0.15) is 0 Å². The molecule has 2 aromatic rings. The largest absolute Gasteiger partial charge is 0.352 e. The Balaban J connectivity index is 2.45. The predicted molar refractivity (Wildman–Crippen MR) is 87.0 cm³/mol. The highest BCUT2D eigenvalue weighted by Crippen LogP contribution is 2.38. The van der Waals surface area contributed by atoms with E-state index in [0.29, 0.717) is 0 Å². The molecule has 0 aromatic heterocycles. The summed E-state index contributed by atoms with van der Waals surface area (Å²) in [6.07, 6.45) is 0. The zero-order valence-electron chi connectivity index (χ0n) is 8.48. The molecule has 0 amide bonds. The van der Waals surface area contributed by atoms with Crippen molar-refractivity contribution in [3.63, 3.8) is 0 Å². The lowest BCUT2D eigenvalue weighted by Gasteiger charge is -2.13. The highest BCUT2D eigenvalue weighted by Gasteiger charge is 2.09. The summed E-state index contributed by atoms with van der Waals surface area (Å²) in [5, 5.41) is 3.39. The van der Waals surface area contributed by atoms with Gasteiger partial charge in [-0.15, -0.1) is 0 Å². The van der Waals surface area contributed by atoms with Gasteiger partial charge in [0.25, 0.3) is 0 Å². The summed E-state index contributed by atoms with van der Waals surface area (Å²) in [6, 6.07) is 12.0. The van der Waals surface area contributed by atoms with Gasteiger partial charge in [0.2, 0.25) is 0 Å². The Morgan fingerprint density at radius 2 is 0.882 bits per heavy atom. The molecule has 0 aliphatic carbocycles. The molecule has 0 radical (unpaired) electrons. The predicted octanol–water partition coefficient (Wildman–Crippen LogP) is 6.48. The minimum absolute atomic E-state index is 1.00. The lowest BCUT2D eigenvalue weighted by Crippen LogP contribution is -1.94. The van der Waals surface area contributed by atoms with Gasteiger partial charge in [-0.05, 0) is 88.0 Å². The van der Waals surface area contributed by atoms with Crippen molar-refractivity contribution in [1.82, 2.24) is 0 Å². The third-order valence-corrected chi connectivity index (χ3v) is 4.82. The van der Waals surface area contributed by atoms with E-state index in [-0.39, 0.29) is 0 Å². The fraction of sp³-hybridized carbons (Fsp3) is 0. The summed E-state index contributed by atoms with van der Waals surface area (Å²) < 4.78 is 4.04. The van der Waals surface area contributed by atoms with Gasteiger partial charge in [-0.25, -0.2) is 0 Å². The van der Waals surface area contributed by atoms with Crippen molar-refractivity contribution in [3.05, 3.63) is 54.3 Å². The average molecular weight is 485 g/mol. The van der Waals surface area contributed by atoms with Crippen LogP contribution >= 0.6 is 63.7 Å². The second kappa shape index (κ2) is 5.87. The van der Waals surface area contributed by atoms with Gasteiger partial charge < -0.3 is 5.32 Å². The zero-order valence-corrected chi connectivity index (χ0v) is 14.8. The molecular weight excluding hydrogens is 478 g/mol. The van der Waals surface area contributed by atoms with Crippen molar-refractivity contribution in [2.75, 3.05) is 5.32 Å². The van der Waals surface area contributed by atoms with Gasteiger partial charge >= 0.3 is 0 Å². The van der Waals surface area contributed by atoms with E-state index in [1.54, 1.807) is 0 Å². The Bertz CT molecular complexity index is 464. The number of hydrogen-bond acceptors (Lipinski definition) is 1. The summed E-state index contributed by atoms with van der Waals surface area (Å²) >= 11 is 14.1. The lowest BCUT2D eigenvalue weighted by molar-refractivity contribution is 1.46. The molecule has 0 heterocycles. The summed E-state index contributed by atoms with van der Waals surface area (Å²) in [7, 11) is 0. The molecule has 2 rings (SSSR count). The van der Waals surface area contributed by atoms with Crippen molar-refractivity contribution in [3.8, 4) is 0 Å². The fourth-order valence-corrected chi connectivity index (χ4v) is 3.75. The third kappa shape index (κ3) is 3.13. The van der Waals surface area contributed by atoms with E-state index in [4.69, 9.17) is 0 Å². The first-order valence-corrected chi connectivity index (χ1v) is 7.92. The smallest absolute Gasteiger partial charge is 0.0673 e. The fourth-order valence-electron chi connectivity index (χ4n) is 1.36. The standard InChI is InChI=1S/C12H7Br4N/c13-7-3-1-4-8(14)11(7)17-12-9(15)5-2-6-10(12)16/h1-6,17H. The Morgan fingerprint density at radius 1 is 0.588 bits per heavy atom. The van der Waals surface area contributed by atoms with E-state index in [9.17, 15) is 0 Å². The van der Waals surface area contributed by atoms with Gasteiger partial charge in [0, 0.05) is 17.9 Å². The van der Waals surface area contributed by atoms with Crippen LogP contribution in [0.5, 0.6) is 0 Å². The highest BCUT2D eigenvalue weighted by atomic mass is 79.9. The minimum Gasteiger partial charge on any atom is -0.352 e.